The first kappa shape index (κ1) is 7.11. The monoisotopic (exact) mass is 130 g/mol. The molecule has 0 amide bonds. The van der Waals surface area contributed by atoms with Crippen LogP contribution in [0.15, 0.2) is 0 Å². The lowest BCUT2D eigenvalue weighted by Gasteiger charge is -2.02. The van der Waals surface area contributed by atoms with E-state index in [4.69, 9.17) is 0 Å². The summed E-state index contributed by atoms with van der Waals surface area (Å²) in [6.45, 7) is -0.728. The molecule has 0 aliphatic heterocycles. The van der Waals surface area contributed by atoms with Gasteiger partial charge in [0.25, 0.3) is 0 Å². The van der Waals surface area contributed by atoms with E-state index in [9.17, 15) is 8.78 Å². The lowest BCUT2D eigenvalue weighted by Crippen LogP contribution is -2.13. The van der Waals surface area contributed by atoms with Crippen molar-refractivity contribution in [2.24, 2.45) is 0 Å². The van der Waals surface area contributed by atoms with Gasteiger partial charge in [-0.2, -0.15) is 8.78 Å². The van der Waals surface area contributed by atoms with Crippen LogP contribution < -0.4 is 0 Å². The van der Waals surface area contributed by atoms with E-state index < -0.39 is 12.0 Å². The molecule has 0 aliphatic carbocycles. The number of halogens is 3. The maximum atomic E-state index is 11.4. The number of methoxy groups -OCH3 is 1. The first-order valence-corrected chi connectivity index (χ1v) is 2.00. The summed E-state index contributed by atoms with van der Waals surface area (Å²) in [6.07, 6.45) is 0. The highest BCUT2D eigenvalue weighted by Gasteiger charge is 2.23. The van der Waals surface area contributed by atoms with Crippen LogP contribution in [0.1, 0.15) is 0 Å². The van der Waals surface area contributed by atoms with Crippen LogP contribution in [0.4, 0.5) is 8.78 Å². The summed E-state index contributed by atoms with van der Waals surface area (Å²) in [5.74, 6) is 0. The van der Waals surface area contributed by atoms with Crippen LogP contribution in [-0.4, -0.2) is 19.1 Å². The Labute approximate surface area is 45.2 Å². The Morgan fingerprint density at radius 2 is 2.14 bits per heavy atom. The van der Waals surface area contributed by atoms with Crippen LogP contribution in [0.3, 0.4) is 0 Å². The highest BCUT2D eigenvalue weighted by molar-refractivity contribution is 6.21. The summed E-state index contributed by atoms with van der Waals surface area (Å²) in [6, 6.07) is 0. The topological polar surface area (TPSA) is 9.23 Å². The summed E-state index contributed by atoms with van der Waals surface area (Å²) in [7, 11) is 1.16. The maximum Gasteiger partial charge on any atom is 0.344 e. The largest absolute Gasteiger partial charge is 0.377 e. The van der Waals surface area contributed by atoms with Crippen molar-refractivity contribution in [1.29, 1.82) is 0 Å². The highest BCUT2D eigenvalue weighted by Crippen LogP contribution is 2.17. The Morgan fingerprint density at radius 1 is 1.71 bits per heavy atom. The van der Waals surface area contributed by atoms with E-state index in [-0.39, 0.29) is 0 Å². The van der Waals surface area contributed by atoms with Crippen molar-refractivity contribution in [3.63, 3.8) is 0 Å². The number of alkyl halides is 3. The minimum absolute atomic E-state index is 0.728. The van der Waals surface area contributed by atoms with Crippen molar-refractivity contribution in [3.05, 3.63) is 0 Å². The first-order chi connectivity index (χ1) is 3.06. The van der Waals surface area contributed by atoms with Gasteiger partial charge in [-0.15, -0.1) is 0 Å². The minimum atomic E-state index is -3.20. The standard InChI is InChI=1S/C3H5ClF2O/c1-7-2-3(4,5)6/h2H2,1H3. The van der Waals surface area contributed by atoms with Crippen LogP contribution in [0.2, 0.25) is 0 Å². The Morgan fingerprint density at radius 3 is 2.14 bits per heavy atom. The van der Waals surface area contributed by atoms with Crippen molar-refractivity contribution < 1.29 is 13.5 Å². The predicted octanol–water partition coefficient (Wildman–Crippen LogP) is 1.46. The number of hydrogen-bond donors (Lipinski definition) is 0. The average Bonchev–Trinajstić information content (AvgIpc) is 1.30. The molecular weight excluding hydrogens is 125 g/mol. The van der Waals surface area contributed by atoms with Crippen molar-refractivity contribution >= 4 is 11.6 Å². The molecule has 0 saturated heterocycles. The lowest BCUT2D eigenvalue weighted by atomic mass is 10.8. The maximum absolute atomic E-state index is 11.4. The number of rotatable bonds is 2. The fourth-order valence-corrected chi connectivity index (χ4v) is 0.273. The summed E-state index contributed by atoms with van der Waals surface area (Å²) in [5.41, 5.74) is 0. The molecule has 0 heterocycles. The van der Waals surface area contributed by atoms with Gasteiger partial charge in [0, 0.05) is 7.11 Å². The van der Waals surface area contributed by atoms with E-state index >= 15 is 0 Å². The van der Waals surface area contributed by atoms with Crippen molar-refractivity contribution in [3.8, 4) is 0 Å². The van der Waals surface area contributed by atoms with Gasteiger partial charge in [-0.1, -0.05) is 0 Å². The molecule has 0 aromatic heterocycles. The summed E-state index contributed by atoms with van der Waals surface area (Å²) < 4.78 is 26.8. The van der Waals surface area contributed by atoms with Gasteiger partial charge in [0.2, 0.25) is 0 Å². The van der Waals surface area contributed by atoms with Gasteiger partial charge in [0.15, 0.2) is 0 Å². The second-order valence-electron chi connectivity index (χ2n) is 1.05. The van der Waals surface area contributed by atoms with E-state index in [1.165, 1.54) is 0 Å². The quantitative estimate of drug-likeness (QED) is 0.515. The molecule has 0 rings (SSSR count). The van der Waals surface area contributed by atoms with Gasteiger partial charge in [-0.25, -0.2) is 0 Å². The van der Waals surface area contributed by atoms with Crippen LogP contribution in [0.25, 0.3) is 0 Å². The van der Waals surface area contributed by atoms with Gasteiger partial charge in [-0.05, 0) is 11.6 Å². The molecule has 44 valence electrons. The fraction of sp³-hybridized carbons (Fsp3) is 1.00. The Kier molecular flexibility index (Phi) is 2.46. The van der Waals surface area contributed by atoms with E-state index in [0.29, 0.717) is 0 Å². The zero-order chi connectivity index (χ0) is 5.91. The second kappa shape index (κ2) is 2.43. The lowest BCUT2D eigenvalue weighted by molar-refractivity contribution is 0.00643. The summed E-state index contributed by atoms with van der Waals surface area (Å²) in [4.78, 5) is 0. The van der Waals surface area contributed by atoms with Crippen LogP contribution in [0.5, 0.6) is 0 Å². The molecule has 0 spiro atoms. The molecule has 0 bridgehead atoms. The van der Waals surface area contributed by atoms with E-state index in [0.717, 1.165) is 7.11 Å². The second-order valence-corrected chi connectivity index (χ2v) is 1.60. The third-order valence-electron chi connectivity index (χ3n) is 0.308. The first-order valence-electron chi connectivity index (χ1n) is 1.62. The molecular formula is C3H5ClF2O. The van der Waals surface area contributed by atoms with Crippen molar-refractivity contribution in [1.82, 2.24) is 0 Å². The van der Waals surface area contributed by atoms with Gasteiger partial charge >= 0.3 is 5.38 Å². The third-order valence-corrected chi connectivity index (χ3v) is 0.417. The van der Waals surface area contributed by atoms with E-state index in [2.05, 4.69) is 16.3 Å². The molecule has 0 aromatic rings. The minimum Gasteiger partial charge on any atom is -0.377 e. The third kappa shape index (κ3) is 6.11. The average molecular weight is 131 g/mol. The van der Waals surface area contributed by atoms with Gasteiger partial charge < -0.3 is 4.74 Å². The Balaban J connectivity index is 3.15. The molecule has 0 aliphatic rings. The SMILES string of the molecule is COCC(F)(F)Cl. The van der Waals surface area contributed by atoms with Crippen molar-refractivity contribution in [2.75, 3.05) is 13.7 Å². The molecule has 7 heavy (non-hydrogen) atoms. The number of ether oxygens (including phenoxy) is 1. The molecule has 0 N–H and O–H groups in total. The summed E-state index contributed by atoms with van der Waals surface area (Å²) in [5, 5.41) is -3.20. The van der Waals surface area contributed by atoms with Crippen LogP contribution in [0, 0.1) is 0 Å². The highest BCUT2D eigenvalue weighted by atomic mass is 35.5. The zero-order valence-electron chi connectivity index (χ0n) is 3.75. The van der Waals surface area contributed by atoms with E-state index in [1.807, 2.05) is 0 Å². The summed E-state index contributed by atoms with van der Waals surface area (Å²) >= 11 is 4.37. The molecule has 0 aromatic carbocycles. The predicted molar refractivity (Wildman–Crippen MR) is 22.7 cm³/mol. The molecule has 0 atom stereocenters. The molecule has 0 unspecified atom stereocenters. The van der Waals surface area contributed by atoms with Crippen molar-refractivity contribution in [2.45, 2.75) is 5.38 Å². The Bertz CT molecular complexity index is 51.4. The molecule has 0 radical (unpaired) electrons. The van der Waals surface area contributed by atoms with Gasteiger partial charge in [0.05, 0.1) is 0 Å². The molecule has 1 nitrogen and oxygen atoms in total. The fourth-order valence-electron chi connectivity index (χ4n) is 0.164. The molecule has 4 heteroatoms. The van der Waals surface area contributed by atoms with Crippen LogP contribution in [-0.2, 0) is 4.74 Å². The zero-order valence-corrected chi connectivity index (χ0v) is 4.51. The van der Waals surface area contributed by atoms with Crippen LogP contribution >= 0.6 is 11.6 Å². The normalized spacial score (nSPS) is 12.0. The van der Waals surface area contributed by atoms with Gasteiger partial charge in [-0.3, -0.25) is 0 Å². The molecule has 0 saturated carbocycles. The smallest absolute Gasteiger partial charge is 0.344 e. The van der Waals surface area contributed by atoms with E-state index in [1.54, 1.807) is 0 Å². The Hall–Kier alpha value is 0.110. The van der Waals surface area contributed by atoms with Gasteiger partial charge in [0.1, 0.15) is 6.61 Å². The number of hydrogen-bond acceptors (Lipinski definition) is 1. The molecule has 0 fully saturated rings.